The summed E-state index contributed by atoms with van der Waals surface area (Å²) in [5.41, 5.74) is 6.62. The number of esters is 1. The highest BCUT2D eigenvalue weighted by atomic mass is 16.5. The SMILES string of the molecule is CCOC(=O)c1ccc(C=O)n1Cc1ccc(-c2ccccc2-c2nnnn2C(c2ccccc2)(c2ccccc2)c2ccccc2)cc1. The molecule has 0 radical (unpaired) electrons. The van der Waals surface area contributed by atoms with E-state index in [2.05, 4.69) is 52.8 Å². The lowest BCUT2D eigenvalue weighted by Gasteiger charge is -2.36. The number of hydrogen-bond acceptors (Lipinski definition) is 6. The Bertz CT molecular complexity index is 2090. The molecule has 0 unspecified atom stereocenters. The normalized spacial score (nSPS) is 11.3. The first kappa shape index (κ1) is 31.2. The first-order valence-corrected chi connectivity index (χ1v) is 16.1. The van der Waals surface area contributed by atoms with Crippen LogP contribution < -0.4 is 0 Å². The maximum Gasteiger partial charge on any atom is 0.354 e. The fourth-order valence-corrected chi connectivity index (χ4v) is 6.53. The number of aromatic nitrogens is 5. The van der Waals surface area contributed by atoms with Gasteiger partial charge in [-0.05, 0) is 62.9 Å². The zero-order chi connectivity index (χ0) is 33.6. The van der Waals surface area contributed by atoms with Gasteiger partial charge in [-0.3, -0.25) is 4.79 Å². The monoisotopic (exact) mass is 643 g/mol. The fraction of sp³-hybridized carbons (Fsp3) is 0.0976. The minimum absolute atomic E-state index is 0.251. The van der Waals surface area contributed by atoms with Gasteiger partial charge in [0.1, 0.15) is 11.2 Å². The second-order valence-corrected chi connectivity index (χ2v) is 11.5. The highest BCUT2D eigenvalue weighted by Crippen LogP contribution is 2.43. The third-order valence-corrected chi connectivity index (χ3v) is 8.76. The van der Waals surface area contributed by atoms with Crippen LogP contribution in [0.15, 0.2) is 152 Å². The molecular weight excluding hydrogens is 610 g/mol. The fourth-order valence-electron chi connectivity index (χ4n) is 6.53. The summed E-state index contributed by atoms with van der Waals surface area (Å²) in [4.78, 5) is 24.3. The first-order chi connectivity index (χ1) is 24.1. The van der Waals surface area contributed by atoms with E-state index in [1.165, 1.54) is 0 Å². The van der Waals surface area contributed by atoms with Crippen LogP contribution in [0, 0.1) is 0 Å². The Kier molecular flexibility index (Phi) is 8.76. The van der Waals surface area contributed by atoms with Gasteiger partial charge in [0, 0.05) is 12.1 Å². The smallest absolute Gasteiger partial charge is 0.354 e. The number of nitrogens with zero attached hydrogens (tertiary/aromatic N) is 5. The Hall–Kier alpha value is -6.41. The van der Waals surface area contributed by atoms with Crippen molar-refractivity contribution in [2.24, 2.45) is 0 Å². The predicted molar refractivity (Wildman–Crippen MR) is 188 cm³/mol. The lowest BCUT2D eigenvalue weighted by molar-refractivity contribution is 0.0514. The molecule has 0 fully saturated rings. The largest absolute Gasteiger partial charge is 0.461 e. The van der Waals surface area contributed by atoms with Crippen molar-refractivity contribution < 1.29 is 14.3 Å². The molecule has 0 amide bonds. The number of carbonyl (C=O) groups is 2. The van der Waals surface area contributed by atoms with Crippen LogP contribution in [0.3, 0.4) is 0 Å². The Morgan fingerprint density at radius 1 is 0.694 bits per heavy atom. The van der Waals surface area contributed by atoms with Crippen LogP contribution >= 0.6 is 0 Å². The highest BCUT2D eigenvalue weighted by Gasteiger charge is 2.42. The number of ether oxygens (including phenoxy) is 1. The molecule has 0 aliphatic carbocycles. The minimum Gasteiger partial charge on any atom is -0.461 e. The second kappa shape index (κ2) is 13.8. The first-order valence-electron chi connectivity index (χ1n) is 16.1. The van der Waals surface area contributed by atoms with E-state index in [9.17, 15) is 9.59 Å². The van der Waals surface area contributed by atoms with Crippen molar-refractivity contribution in [3.05, 3.63) is 185 Å². The van der Waals surface area contributed by atoms with E-state index in [-0.39, 0.29) is 6.61 Å². The van der Waals surface area contributed by atoms with Gasteiger partial charge < -0.3 is 9.30 Å². The third-order valence-electron chi connectivity index (χ3n) is 8.76. The summed E-state index contributed by atoms with van der Waals surface area (Å²) < 4.78 is 8.83. The molecule has 0 bridgehead atoms. The summed E-state index contributed by atoms with van der Waals surface area (Å²) in [6.07, 6.45) is 0.748. The number of benzene rings is 5. The molecule has 0 spiro atoms. The number of rotatable bonds is 11. The molecule has 8 heteroatoms. The van der Waals surface area contributed by atoms with Gasteiger partial charge in [0.2, 0.25) is 0 Å². The number of aldehydes is 1. The van der Waals surface area contributed by atoms with E-state index in [1.807, 2.05) is 102 Å². The summed E-state index contributed by atoms with van der Waals surface area (Å²) in [7, 11) is 0. The molecule has 5 aromatic carbocycles. The topological polar surface area (TPSA) is 91.9 Å². The van der Waals surface area contributed by atoms with Gasteiger partial charge in [-0.2, -0.15) is 0 Å². The zero-order valence-corrected chi connectivity index (χ0v) is 26.9. The lowest BCUT2D eigenvalue weighted by Crippen LogP contribution is -2.39. The van der Waals surface area contributed by atoms with E-state index in [1.54, 1.807) is 23.6 Å². The molecule has 7 rings (SSSR count). The highest BCUT2D eigenvalue weighted by molar-refractivity contribution is 5.90. The van der Waals surface area contributed by atoms with Crippen LogP contribution in [0.4, 0.5) is 0 Å². The van der Waals surface area contributed by atoms with Crippen LogP contribution in [0.25, 0.3) is 22.5 Å². The summed E-state index contributed by atoms with van der Waals surface area (Å²) in [6.45, 7) is 2.34. The third kappa shape index (κ3) is 5.74. The van der Waals surface area contributed by atoms with Gasteiger partial charge in [0.15, 0.2) is 12.1 Å². The molecule has 2 heterocycles. The lowest BCUT2D eigenvalue weighted by atomic mass is 9.77. The second-order valence-electron chi connectivity index (χ2n) is 11.5. The van der Waals surface area contributed by atoms with E-state index in [0.29, 0.717) is 23.8 Å². The van der Waals surface area contributed by atoms with E-state index in [4.69, 9.17) is 9.95 Å². The minimum atomic E-state index is -0.886. The zero-order valence-electron chi connectivity index (χ0n) is 26.9. The van der Waals surface area contributed by atoms with E-state index >= 15 is 0 Å². The Balaban J connectivity index is 1.34. The number of carbonyl (C=O) groups excluding carboxylic acids is 2. The summed E-state index contributed by atoms with van der Waals surface area (Å²) in [5, 5.41) is 13.7. The van der Waals surface area contributed by atoms with Crippen LogP contribution in [0.2, 0.25) is 0 Å². The molecule has 0 atom stereocenters. The van der Waals surface area contributed by atoms with Gasteiger partial charge in [0.05, 0.1) is 12.3 Å². The summed E-state index contributed by atoms with van der Waals surface area (Å²) in [5.74, 6) is 0.148. The van der Waals surface area contributed by atoms with Crippen LogP contribution in [-0.2, 0) is 16.8 Å². The molecular formula is C41H33N5O3. The molecule has 2 aromatic heterocycles. The molecule has 0 aliphatic rings. The van der Waals surface area contributed by atoms with Crippen molar-refractivity contribution in [2.45, 2.75) is 19.0 Å². The Morgan fingerprint density at radius 3 is 1.80 bits per heavy atom. The van der Waals surface area contributed by atoms with Crippen molar-refractivity contribution >= 4 is 12.3 Å². The maximum absolute atomic E-state index is 12.6. The van der Waals surface area contributed by atoms with Gasteiger partial charge in [-0.25, -0.2) is 9.48 Å². The van der Waals surface area contributed by atoms with Crippen molar-refractivity contribution in [1.29, 1.82) is 0 Å². The molecule has 0 aliphatic heterocycles. The predicted octanol–water partition coefficient (Wildman–Crippen LogP) is 7.69. The molecule has 49 heavy (non-hydrogen) atoms. The molecule has 0 N–H and O–H groups in total. The van der Waals surface area contributed by atoms with Gasteiger partial charge in [-0.15, -0.1) is 5.10 Å². The van der Waals surface area contributed by atoms with Crippen molar-refractivity contribution in [3.8, 4) is 22.5 Å². The Morgan fingerprint density at radius 2 is 1.24 bits per heavy atom. The van der Waals surface area contributed by atoms with Gasteiger partial charge in [0.25, 0.3) is 0 Å². The average molecular weight is 644 g/mol. The summed E-state index contributed by atoms with van der Waals surface area (Å²) in [6, 6.07) is 50.4. The van der Waals surface area contributed by atoms with E-state index in [0.717, 1.165) is 45.2 Å². The number of hydrogen-bond donors (Lipinski definition) is 0. The van der Waals surface area contributed by atoms with Crippen molar-refractivity contribution in [1.82, 2.24) is 24.8 Å². The molecule has 0 saturated carbocycles. The van der Waals surface area contributed by atoms with Crippen LogP contribution in [0.1, 0.15) is 50.2 Å². The van der Waals surface area contributed by atoms with Crippen LogP contribution in [-0.4, -0.2) is 43.6 Å². The van der Waals surface area contributed by atoms with Gasteiger partial charge >= 0.3 is 5.97 Å². The molecule has 0 saturated heterocycles. The Labute approximate surface area is 284 Å². The molecule has 8 nitrogen and oxygen atoms in total. The van der Waals surface area contributed by atoms with Crippen LogP contribution in [0.5, 0.6) is 0 Å². The van der Waals surface area contributed by atoms with Crippen molar-refractivity contribution in [3.63, 3.8) is 0 Å². The average Bonchev–Trinajstić information content (AvgIpc) is 3.82. The number of tetrazole rings is 1. The van der Waals surface area contributed by atoms with E-state index < -0.39 is 11.5 Å². The van der Waals surface area contributed by atoms with Crippen molar-refractivity contribution in [2.75, 3.05) is 6.61 Å². The quantitative estimate of drug-likeness (QED) is 0.0816. The summed E-state index contributed by atoms with van der Waals surface area (Å²) >= 11 is 0. The molecule has 240 valence electrons. The van der Waals surface area contributed by atoms with Gasteiger partial charge in [-0.1, -0.05) is 140 Å². The maximum atomic E-state index is 12.6. The molecule has 7 aromatic rings. The standard InChI is InChI=1S/C41H33N5O3/c1-2-49-40(48)38-27-26-35(29-47)45(38)28-30-22-24-31(25-23-30)36-20-12-13-21-37(36)39-42-43-44-46(39)41(32-14-6-3-7-15-32,33-16-8-4-9-17-33)34-18-10-5-11-19-34/h3-27,29H,2,28H2,1H3.